The number of fused-ring (bicyclic) bond motifs is 1. The lowest BCUT2D eigenvalue weighted by Crippen LogP contribution is -2.23. The predicted octanol–water partition coefficient (Wildman–Crippen LogP) is 4.80. The van der Waals surface area contributed by atoms with E-state index >= 15 is 0 Å². The van der Waals surface area contributed by atoms with Crippen LogP contribution in [-0.2, 0) is 12.6 Å². The summed E-state index contributed by atoms with van der Waals surface area (Å²) >= 11 is 0. The van der Waals surface area contributed by atoms with Gasteiger partial charge >= 0.3 is 6.18 Å². The van der Waals surface area contributed by atoms with Crippen LogP contribution in [0.25, 0.3) is 6.08 Å². The zero-order chi connectivity index (χ0) is 24.5. The third-order valence-electron chi connectivity index (χ3n) is 5.43. The Morgan fingerprint density at radius 3 is 2.35 bits per heavy atom. The van der Waals surface area contributed by atoms with Crippen molar-refractivity contribution in [2.75, 3.05) is 54.8 Å². The van der Waals surface area contributed by atoms with E-state index in [2.05, 4.69) is 20.3 Å². The van der Waals surface area contributed by atoms with Crippen molar-refractivity contribution < 1.29 is 13.2 Å². The van der Waals surface area contributed by atoms with Gasteiger partial charge in [0.15, 0.2) is 0 Å². The van der Waals surface area contributed by atoms with E-state index in [0.29, 0.717) is 24.7 Å². The van der Waals surface area contributed by atoms with Crippen LogP contribution in [0.2, 0.25) is 0 Å². The minimum Gasteiger partial charge on any atom is -0.378 e. The first-order valence-electron chi connectivity index (χ1n) is 10.7. The van der Waals surface area contributed by atoms with Crippen LogP contribution < -0.4 is 20.0 Å². The second-order valence-electron chi connectivity index (χ2n) is 8.32. The number of benzene rings is 1. The topological polar surface area (TPSA) is 60.4 Å². The molecule has 178 valence electrons. The molecule has 0 fully saturated rings. The zero-order valence-corrected chi connectivity index (χ0v) is 19.4. The molecule has 0 amide bonds. The van der Waals surface area contributed by atoms with Crippen LogP contribution in [0.15, 0.2) is 48.8 Å². The summed E-state index contributed by atoms with van der Waals surface area (Å²) in [5.41, 5.74) is 2.61. The number of pyridine rings is 1. The Morgan fingerprint density at radius 2 is 1.71 bits per heavy atom. The predicted molar refractivity (Wildman–Crippen MR) is 130 cm³/mol. The Hall–Kier alpha value is -3.82. The van der Waals surface area contributed by atoms with Crippen LogP contribution in [0, 0.1) is 0 Å². The molecular weight excluding hydrogens is 443 g/mol. The normalized spacial score (nSPS) is 13.3. The number of halogens is 3. The summed E-state index contributed by atoms with van der Waals surface area (Å²) in [6.07, 6.45) is 0.647. The molecule has 4 rings (SSSR count). The van der Waals surface area contributed by atoms with E-state index in [1.165, 1.54) is 17.2 Å². The van der Waals surface area contributed by atoms with Crippen LogP contribution in [0.5, 0.6) is 0 Å². The molecule has 0 spiro atoms. The van der Waals surface area contributed by atoms with Crippen molar-refractivity contribution in [3.63, 3.8) is 0 Å². The maximum absolute atomic E-state index is 13.6. The van der Waals surface area contributed by atoms with Crippen molar-refractivity contribution in [2.24, 2.45) is 0 Å². The number of hydrogen-bond acceptors (Lipinski definition) is 7. The van der Waals surface area contributed by atoms with E-state index in [9.17, 15) is 13.2 Å². The third-order valence-corrected chi connectivity index (χ3v) is 5.43. The second kappa shape index (κ2) is 9.20. The fourth-order valence-corrected chi connectivity index (χ4v) is 3.63. The molecule has 3 aromatic rings. The van der Waals surface area contributed by atoms with Gasteiger partial charge in [-0.1, -0.05) is 0 Å². The minimum atomic E-state index is -4.50. The smallest absolute Gasteiger partial charge is 0.378 e. The number of rotatable bonds is 5. The molecular formula is C24H26F3N7. The van der Waals surface area contributed by atoms with E-state index in [1.54, 1.807) is 17.2 Å². The maximum Gasteiger partial charge on any atom is 0.419 e. The van der Waals surface area contributed by atoms with E-state index in [0.717, 1.165) is 28.7 Å². The first-order valence-corrected chi connectivity index (χ1v) is 10.7. The maximum atomic E-state index is 13.6. The van der Waals surface area contributed by atoms with Gasteiger partial charge in [-0.05, 0) is 42.5 Å². The molecule has 10 heteroatoms. The minimum absolute atomic E-state index is 0.131. The van der Waals surface area contributed by atoms with Gasteiger partial charge in [0.2, 0.25) is 5.95 Å². The van der Waals surface area contributed by atoms with E-state index in [4.69, 9.17) is 0 Å². The molecule has 1 aliphatic rings. The average molecular weight is 470 g/mol. The van der Waals surface area contributed by atoms with Crippen LogP contribution in [-0.4, -0.2) is 49.7 Å². The van der Waals surface area contributed by atoms with Crippen LogP contribution in [0.4, 0.5) is 42.1 Å². The van der Waals surface area contributed by atoms with Crippen LogP contribution in [0.3, 0.4) is 0 Å². The number of hydrogen-bond donors (Lipinski definition) is 1. The summed E-state index contributed by atoms with van der Waals surface area (Å²) in [5.74, 6) is 0.969. The van der Waals surface area contributed by atoms with Gasteiger partial charge in [-0.2, -0.15) is 18.2 Å². The molecule has 7 nitrogen and oxygen atoms in total. The zero-order valence-electron chi connectivity index (χ0n) is 19.4. The molecule has 0 saturated heterocycles. The Balaban J connectivity index is 1.71. The summed E-state index contributed by atoms with van der Waals surface area (Å²) in [4.78, 5) is 18.7. The fourth-order valence-electron chi connectivity index (χ4n) is 3.63. The quantitative estimate of drug-likeness (QED) is 0.576. The Morgan fingerprint density at radius 1 is 0.971 bits per heavy atom. The molecule has 0 radical (unpaired) electrons. The van der Waals surface area contributed by atoms with E-state index in [-0.39, 0.29) is 5.82 Å². The Labute approximate surface area is 196 Å². The number of anilines is 5. The van der Waals surface area contributed by atoms with Crippen molar-refractivity contribution in [3.8, 4) is 0 Å². The summed E-state index contributed by atoms with van der Waals surface area (Å²) in [6.45, 7) is 0.296. The lowest BCUT2D eigenvalue weighted by atomic mass is 10.1. The third kappa shape index (κ3) is 4.90. The van der Waals surface area contributed by atoms with Crippen molar-refractivity contribution in [2.45, 2.75) is 12.6 Å². The van der Waals surface area contributed by atoms with Gasteiger partial charge in [0, 0.05) is 70.5 Å². The van der Waals surface area contributed by atoms with Gasteiger partial charge in [0.1, 0.15) is 11.6 Å². The first kappa shape index (κ1) is 23.3. The fraction of sp³-hybridized carbons (Fsp3) is 0.292. The summed E-state index contributed by atoms with van der Waals surface area (Å²) in [6, 6.07) is 10.2. The largest absolute Gasteiger partial charge is 0.419 e. The lowest BCUT2D eigenvalue weighted by molar-refractivity contribution is -0.137. The van der Waals surface area contributed by atoms with Crippen molar-refractivity contribution in [1.29, 1.82) is 0 Å². The highest BCUT2D eigenvalue weighted by molar-refractivity contribution is 5.74. The summed E-state index contributed by atoms with van der Waals surface area (Å²) < 4.78 is 40.7. The molecule has 1 aromatic carbocycles. The van der Waals surface area contributed by atoms with Gasteiger partial charge in [-0.25, -0.2) is 9.97 Å². The first-order chi connectivity index (χ1) is 16.1. The molecule has 0 saturated carbocycles. The summed E-state index contributed by atoms with van der Waals surface area (Å²) in [7, 11) is 7.64. The molecule has 1 aliphatic heterocycles. The van der Waals surface area contributed by atoms with Gasteiger partial charge < -0.3 is 20.0 Å². The molecule has 0 unspecified atom stereocenters. The molecule has 2 aromatic heterocycles. The number of nitrogens with one attached hydrogen (secondary N) is 1. The Kier molecular flexibility index (Phi) is 6.32. The number of aromatic nitrogens is 3. The highest BCUT2D eigenvalue weighted by Gasteiger charge is 2.35. The number of alkyl halides is 3. The highest BCUT2D eigenvalue weighted by atomic mass is 19.4. The average Bonchev–Trinajstić information content (AvgIpc) is 3.01. The molecule has 34 heavy (non-hydrogen) atoms. The molecule has 0 bridgehead atoms. The number of nitrogens with zero attached hydrogens (tertiary/aromatic N) is 6. The SMILES string of the molecule is CN(C)c1ccc(Nc2nc(N(C)C)nc3c2C=CN(c2ncccc2C(F)(F)F)CC3)cc1. The molecule has 0 atom stereocenters. The van der Waals surface area contributed by atoms with Gasteiger partial charge in [-0.3, -0.25) is 0 Å². The highest BCUT2D eigenvalue weighted by Crippen LogP contribution is 2.36. The monoisotopic (exact) mass is 469 g/mol. The van der Waals surface area contributed by atoms with Crippen molar-refractivity contribution >= 4 is 35.0 Å². The second-order valence-corrected chi connectivity index (χ2v) is 8.32. The van der Waals surface area contributed by atoms with Crippen molar-refractivity contribution in [3.05, 3.63) is 65.6 Å². The standard InChI is InChI=1S/C24H26F3N7/c1-32(2)17-9-7-16(8-10-17)29-21-18-11-14-34(15-12-20(18)30-23(31-21)33(3)4)22-19(24(25,26)27)6-5-13-28-22/h5-11,13-14H,12,15H2,1-4H3,(H,29,30,31). The Bertz CT molecular complexity index is 1190. The van der Waals surface area contributed by atoms with Gasteiger partial charge in [-0.15, -0.1) is 0 Å². The molecule has 0 aliphatic carbocycles. The van der Waals surface area contributed by atoms with Gasteiger partial charge in [0.05, 0.1) is 11.3 Å². The molecule has 3 heterocycles. The van der Waals surface area contributed by atoms with Crippen LogP contribution in [0.1, 0.15) is 16.8 Å². The molecule has 1 N–H and O–H groups in total. The van der Waals surface area contributed by atoms with Crippen LogP contribution >= 0.6 is 0 Å². The van der Waals surface area contributed by atoms with E-state index < -0.39 is 11.7 Å². The summed E-state index contributed by atoms with van der Waals surface area (Å²) in [5, 5.41) is 3.35. The van der Waals surface area contributed by atoms with E-state index in [1.807, 2.05) is 57.4 Å². The van der Waals surface area contributed by atoms with Gasteiger partial charge in [0.25, 0.3) is 0 Å². The van der Waals surface area contributed by atoms with Crippen molar-refractivity contribution in [1.82, 2.24) is 15.0 Å². The lowest BCUT2D eigenvalue weighted by Gasteiger charge is -2.21.